The standard InChI is InChI=1S/C34H45N3O5/c1-22(2)30(20-24(5)34(41)42)36(6)33(40)28(35-32(39)29-14-10-11-19-37(29)23(3)4)21-25-15-17-27(18-16-25)31(38)26-12-8-7-9-13-26/h7-9,12-13,15-18,20,22-23,28-30H,10-11,14,19,21H2,1-6H3,(H,35,39)(H,41,42)/b24-20+/t28?,29?,30-/m1/s1. The number of piperidine rings is 1. The average Bonchev–Trinajstić information content (AvgIpc) is 2.98. The van der Waals surface area contributed by atoms with E-state index in [2.05, 4.69) is 24.1 Å². The van der Waals surface area contributed by atoms with E-state index in [1.54, 1.807) is 37.4 Å². The highest BCUT2D eigenvalue weighted by Crippen LogP contribution is 2.21. The zero-order valence-electron chi connectivity index (χ0n) is 25.7. The van der Waals surface area contributed by atoms with Gasteiger partial charge < -0.3 is 15.3 Å². The van der Waals surface area contributed by atoms with Gasteiger partial charge in [0.15, 0.2) is 5.78 Å². The molecular formula is C34H45N3O5. The van der Waals surface area contributed by atoms with Crippen molar-refractivity contribution in [2.75, 3.05) is 13.6 Å². The fourth-order valence-electron chi connectivity index (χ4n) is 5.58. The number of carbonyl (C=O) groups is 4. The van der Waals surface area contributed by atoms with Gasteiger partial charge in [-0.3, -0.25) is 19.3 Å². The van der Waals surface area contributed by atoms with Gasteiger partial charge in [-0.2, -0.15) is 0 Å². The zero-order valence-corrected chi connectivity index (χ0v) is 25.7. The van der Waals surface area contributed by atoms with Crippen LogP contribution in [0.25, 0.3) is 0 Å². The van der Waals surface area contributed by atoms with Crippen molar-refractivity contribution in [3.63, 3.8) is 0 Å². The minimum atomic E-state index is -1.04. The number of carbonyl (C=O) groups excluding carboxylic acids is 3. The molecule has 0 spiro atoms. The van der Waals surface area contributed by atoms with Gasteiger partial charge in [0.25, 0.3) is 0 Å². The van der Waals surface area contributed by atoms with Crippen LogP contribution in [0.1, 0.15) is 75.4 Å². The lowest BCUT2D eigenvalue weighted by atomic mass is 9.96. The largest absolute Gasteiger partial charge is 0.478 e. The van der Waals surface area contributed by atoms with Crippen molar-refractivity contribution < 1.29 is 24.3 Å². The van der Waals surface area contributed by atoms with Crippen molar-refractivity contribution in [2.45, 2.75) is 84.5 Å². The fourth-order valence-corrected chi connectivity index (χ4v) is 5.58. The number of hydrogen-bond donors (Lipinski definition) is 2. The Morgan fingerprint density at radius 2 is 1.60 bits per heavy atom. The molecule has 1 saturated heterocycles. The molecule has 2 aromatic rings. The lowest BCUT2D eigenvalue weighted by molar-refractivity contribution is -0.139. The van der Waals surface area contributed by atoms with Crippen molar-refractivity contribution in [2.24, 2.45) is 5.92 Å². The third-order valence-corrected chi connectivity index (χ3v) is 8.05. The molecule has 0 radical (unpaired) electrons. The van der Waals surface area contributed by atoms with Crippen LogP contribution < -0.4 is 5.32 Å². The highest BCUT2D eigenvalue weighted by atomic mass is 16.4. The van der Waals surface area contributed by atoms with Crippen LogP contribution in [0, 0.1) is 5.92 Å². The topological polar surface area (TPSA) is 107 Å². The maximum atomic E-state index is 14.0. The van der Waals surface area contributed by atoms with Crippen molar-refractivity contribution in [1.29, 1.82) is 0 Å². The number of benzene rings is 2. The van der Waals surface area contributed by atoms with Gasteiger partial charge in [-0.05, 0) is 51.6 Å². The highest BCUT2D eigenvalue weighted by Gasteiger charge is 2.35. The Morgan fingerprint density at radius 3 is 2.17 bits per heavy atom. The Labute approximate surface area is 249 Å². The second-order valence-electron chi connectivity index (χ2n) is 11.8. The van der Waals surface area contributed by atoms with Crippen LogP contribution in [0.4, 0.5) is 0 Å². The lowest BCUT2D eigenvalue weighted by Gasteiger charge is -2.38. The van der Waals surface area contributed by atoms with E-state index in [1.807, 2.05) is 44.2 Å². The van der Waals surface area contributed by atoms with Crippen LogP contribution in [0.15, 0.2) is 66.2 Å². The second-order valence-corrected chi connectivity index (χ2v) is 11.8. The van der Waals surface area contributed by atoms with E-state index < -0.39 is 18.1 Å². The molecule has 0 bridgehead atoms. The third kappa shape index (κ3) is 8.38. The number of nitrogens with zero attached hydrogens (tertiary/aromatic N) is 2. The van der Waals surface area contributed by atoms with E-state index in [0.29, 0.717) is 11.1 Å². The van der Waals surface area contributed by atoms with Crippen LogP contribution in [0.5, 0.6) is 0 Å². The molecular weight excluding hydrogens is 530 g/mol. The van der Waals surface area contributed by atoms with Crippen LogP contribution in [0.3, 0.4) is 0 Å². The van der Waals surface area contributed by atoms with E-state index in [-0.39, 0.29) is 47.6 Å². The van der Waals surface area contributed by atoms with E-state index in [4.69, 9.17) is 0 Å². The molecule has 1 aliphatic heterocycles. The maximum Gasteiger partial charge on any atom is 0.331 e. The molecule has 3 atom stereocenters. The molecule has 8 heteroatoms. The molecule has 2 aromatic carbocycles. The number of nitrogens with one attached hydrogen (secondary N) is 1. The van der Waals surface area contributed by atoms with Gasteiger partial charge in [-0.25, -0.2) is 4.79 Å². The molecule has 0 aliphatic carbocycles. The lowest BCUT2D eigenvalue weighted by Crippen LogP contribution is -2.58. The minimum absolute atomic E-state index is 0.0531. The highest BCUT2D eigenvalue weighted by molar-refractivity contribution is 6.09. The summed E-state index contributed by atoms with van der Waals surface area (Å²) in [5, 5.41) is 12.5. The van der Waals surface area contributed by atoms with Gasteiger partial charge in [0.05, 0.1) is 12.1 Å². The molecule has 0 aromatic heterocycles. The normalized spacial score (nSPS) is 17.5. The summed E-state index contributed by atoms with van der Waals surface area (Å²) in [7, 11) is 1.65. The van der Waals surface area contributed by atoms with Crippen LogP contribution in [0.2, 0.25) is 0 Å². The predicted molar refractivity (Wildman–Crippen MR) is 164 cm³/mol. The summed E-state index contributed by atoms with van der Waals surface area (Å²) in [6, 6.07) is 14.7. The first kappa shape index (κ1) is 32.7. The number of aliphatic carboxylic acids is 1. The number of carboxylic acid groups (broad SMARTS) is 1. The molecule has 42 heavy (non-hydrogen) atoms. The Hall–Kier alpha value is -3.78. The Bertz CT molecular complexity index is 1270. The molecule has 3 rings (SSSR count). The molecule has 1 heterocycles. The van der Waals surface area contributed by atoms with Gasteiger partial charge in [-0.15, -0.1) is 0 Å². The van der Waals surface area contributed by atoms with E-state index in [0.717, 1.165) is 31.4 Å². The quantitative estimate of drug-likeness (QED) is 0.280. The van der Waals surface area contributed by atoms with Gasteiger partial charge in [0, 0.05) is 36.2 Å². The van der Waals surface area contributed by atoms with Crippen LogP contribution >= 0.6 is 0 Å². The smallest absolute Gasteiger partial charge is 0.331 e. The summed E-state index contributed by atoms with van der Waals surface area (Å²) in [5.74, 6) is -1.66. The summed E-state index contributed by atoms with van der Waals surface area (Å²) in [6.45, 7) is 10.4. The molecule has 8 nitrogen and oxygen atoms in total. The molecule has 1 aliphatic rings. The van der Waals surface area contributed by atoms with Gasteiger partial charge >= 0.3 is 5.97 Å². The molecule has 2 amide bonds. The first-order chi connectivity index (χ1) is 19.9. The minimum Gasteiger partial charge on any atom is -0.478 e. The fraction of sp³-hybridized carbons (Fsp3) is 0.471. The molecule has 226 valence electrons. The molecule has 2 N–H and O–H groups in total. The summed E-state index contributed by atoms with van der Waals surface area (Å²) in [5.41, 5.74) is 2.09. The monoisotopic (exact) mass is 575 g/mol. The van der Waals surface area contributed by atoms with Crippen LogP contribution in [-0.2, 0) is 20.8 Å². The Balaban J connectivity index is 1.89. The summed E-state index contributed by atoms with van der Waals surface area (Å²) >= 11 is 0. The number of likely N-dealkylation sites (tertiary alicyclic amines) is 1. The zero-order chi connectivity index (χ0) is 31.0. The SMILES string of the molecule is C/C(=C\[C@H](C(C)C)N(C)C(=O)C(Cc1ccc(C(=O)c2ccccc2)cc1)NC(=O)C1CCCCN1C(C)C)C(=O)O. The molecule has 2 unspecified atom stereocenters. The summed E-state index contributed by atoms with van der Waals surface area (Å²) in [6.07, 6.45) is 4.54. The first-order valence-corrected chi connectivity index (χ1v) is 14.8. The Morgan fingerprint density at radius 1 is 0.976 bits per heavy atom. The van der Waals surface area contributed by atoms with Crippen molar-refractivity contribution in [3.8, 4) is 0 Å². The van der Waals surface area contributed by atoms with Crippen molar-refractivity contribution in [3.05, 3.63) is 82.9 Å². The number of amides is 2. The molecule has 1 fully saturated rings. The van der Waals surface area contributed by atoms with Gasteiger partial charge in [0.1, 0.15) is 6.04 Å². The Kier molecular flexibility index (Phi) is 11.6. The first-order valence-electron chi connectivity index (χ1n) is 14.8. The summed E-state index contributed by atoms with van der Waals surface area (Å²) < 4.78 is 0. The maximum absolute atomic E-state index is 14.0. The van der Waals surface area contributed by atoms with Crippen molar-refractivity contribution in [1.82, 2.24) is 15.1 Å². The number of carboxylic acids is 1. The summed E-state index contributed by atoms with van der Waals surface area (Å²) in [4.78, 5) is 55.8. The second kappa shape index (κ2) is 14.9. The average molecular weight is 576 g/mol. The predicted octanol–water partition coefficient (Wildman–Crippen LogP) is 4.72. The van der Waals surface area contributed by atoms with Gasteiger partial charge in [-0.1, -0.05) is 80.9 Å². The third-order valence-electron chi connectivity index (χ3n) is 8.05. The number of hydrogen-bond acceptors (Lipinski definition) is 5. The van der Waals surface area contributed by atoms with Gasteiger partial charge in [0.2, 0.25) is 11.8 Å². The number of rotatable bonds is 12. The number of ketones is 1. The van der Waals surface area contributed by atoms with E-state index >= 15 is 0 Å². The van der Waals surface area contributed by atoms with Crippen molar-refractivity contribution >= 4 is 23.6 Å². The van der Waals surface area contributed by atoms with Crippen LogP contribution in [-0.4, -0.2) is 76.2 Å². The number of likely N-dealkylation sites (N-methyl/N-ethyl adjacent to an activating group) is 1. The molecule has 0 saturated carbocycles. The van der Waals surface area contributed by atoms with E-state index in [9.17, 15) is 24.3 Å². The van der Waals surface area contributed by atoms with E-state index in [1.165, 1.54) is 11.8 Å².